The molecule has 1 N–H and O–H groups in total. The topological polar surface area (TPSA) is 68.3 Å². The minimum atomic E-state index is -0.539. The van der Waals surface area contributed by atoms with Gasteiger partial charge in [0.05, 0.1) is 10.2 Å². The highest BCUT2D eigenvalue weighted by atomic mass is 32.1. The molecule has 1 aromatic heterocycles. The number of nitrogens with one attached hydrogen (secondary N) is 1. The molecule has 1 heterocycles. The van der Waals surface area contributed by atoms with E-state index in [1.54, 1.807) is 13.0 Å². The fourth-order valence-electron chi connectivity index (χ4n) is 1.90. The number of amides is 1. The first-order chi connectivity index (χ1) is 9.99. The van der Waals surface area contributed by atoms with E-state index in [0.29, 0.717) is 5.13 Å². The highest BCUT2D eigenvalue weighted by Crippen LogP contribution is 2.29. The molecule has 0 atom stereocenters. The first-order valence-electron chi connectivity index (χ1n) is 6.46. The summed E-state index contributed by atoms with van der Waals surface area (Å²) < 4.78 is 5.79. The maximum absolute atomic E-state index is 11.7. The number of esters is 1. The van der Waals surface area contributed by atoms with Crippen molar-refractivity contribution in [3.63, 3.8) is 0 Å². The second-order valence-electron chi connectivity index (χ2n) is 4.60. The van der Waals surface area contributed by atoms with Gasteiger partial charge in [0.25, 0.3) is 5.91 Å². The zero-order valence-corrected chi connectivity index (χ0v) is 12.9. The Morgan fingerprint density at radius 3 is 2.86 bits per heavy atom. The van der Waals surface area contributed by atoms with Crippen molar-refractivity contribution in [2.24, 2.45) is 0 Å². The van der Waals surface area contributed by atoms with E-state index in [4.69, 9.17) is 4.74 Å². The number of nitrogens with zero attached hydrogens (tertiary/aromatic N) is 1. The first kappa shape index (κ1) is 15.2. The molecule has 0 aliphatic carbocycles. The third-order valence-electron chi connectivity index (χ3n) is 2.72. The van der Waals surface area contributed by atoms with Crippen LogP contribution >= 0.6 is 11.3 Å². The summed E-state index contributed by atoms with van der Waals surface area (Å²) in [4.78, 5) is 27.2. The lowest BCUT2D eigenvalue weighted by atomic mass is 10.1. The zero-order chi connectivity index (χ0) is 15.4. The summed E-state index contributed by atoms with van der Waals surface area (Å²) in [7, 11) is 0. The summed E-state index contributed by atoms with van der Waals surface area (Å²) in [5.41, 5.74) is 3.11. The predicted molar refractivity (Wildman–Crippen MR) is 83.5 cm³/mol. The number of fused-ring (bicyclic) bond motifs is 1. The van der Waals surface area contributed by atoms with Crippen molar-refractivity contribution in [3.8, 4) is 0 Å². The Kier molecular flexibility index (Phi) is 4.70. The van der Waals surface area contributed by atoms with Gasteiger partial charge in [-0.3, -0.25) is 10.1 Å². The molecule has 0 fully saturated rings. The van der Waals surface area contributed by atoms with Crippen LogP contribution in [-0.2, 0) is 14.3 Å². The maximum Gasteiger partial charge on any atom is 0.330 e. The van der Waals surface area contributed by atoms with Crippen LogP contribution in [0.25, 0.3) is 10.2 Å². The van der Waals surface area contributed by atoms with E-state index >= 15 is 0 Å². The number of hydrogen-bond donors (Lipinski definition) is 1. The van der Waals surface area contributed by atoms with Gasteiger partial charge in [-0.05, 0) is 38.0 Å². The van der Waals surface area contributed by atoms with E-state index in [0.717, 1.165) is 21.3 Å². The molecular weight excluding hydrogens is 288 g/mol. The Balaban J connectivity index is 2.04. The molecule has 0 radical (unpaired) electrons. The zero-order valence-electron chi connectivity index (χ0n) is 12.1. The Labute approximate surface area is 126 Å². The Morgan fingerprint density at radius 1 is 1.38 bits per heavy atom. The SMILES string of the molecule is C/C=C/C(=O)OCC(=O)Nc1nc2c(C)cc(C)cc2s1. The number of ether oxygens (including phenoxy) is 1. The molecule has 0 unspecified atom stereocenters. The highest BCUT2D eigenvalue weighted by molar-refractivity contribution is 7.22. The van der Waals surface area contributed by atoms with Crippen molar-refractivity contribution in [3.05, 3.63) is 35.4 Å². The lowest BCUT2D eigenvalue weighted by Crippen LogP contribution is -2.19. The number of aromatic nitrogens is 1. The summed E-state index contributed by atoms with van der Waals surface area (Å²) in [6.45, 7) is 5.38. The minimum Gasteiger partial charge on any atom is -0.452 e. The number of anilines is 1. The smallest absolute Gasteiger partial charge is 0.330 e. The summed E-state index contributed by atoms with van der Waals surface area (Å²) >= 11 is 1.40. The standard InChI is InChI=1S/C15H16N2O3S/c1-4-5-13(19)20-8-12(18)16-15-17-14-10(3)6-9(2)7-11(14)21-15/h4-7H,8H2,1-3H3,(H,16,17,18)/b5-4+. The van der Waals surface area contributed by atoms with Crippen LogP contribution in [0.5, 0.6) is 0 Å². The number of thiazole rings is 1. The van der Waals surface area contributed by atoms with Crippen molar-refractivity contribution >= 4 is 38.6 Å². The Hall–Kier alpha value is -2.21. The molecule has 0 spiro atoms. The van der Waals surface area contributed by atoms with Crippen LogP contribution in [0.3, 0.4) is 0 Å². The van der Waals surface area contributed by atoms with Gasteiger partial charge in [-0.25, -0.2) is 9.78 Å². The van der Waals surface area contributed by atoms with E-state index in [1.165, 1.54) is 17.4 Å². The predicted octanol–water partition coefficient (Wildman–Crippen LogP) is 2.97. The number of hydrogen-bond acceptors (Lipinski definition) is 5. The number of carbonyl (C=O) groups is 2. The molecule has 0 saturated heterocycles. The Bertz CT molecular complexity index is 719. The fraction of sp³-hybridized carbons (Fsp3) is 0.267. The summed E-state index contributed by atoms with van der Waals surface area (Å²) in [6.07, 6.45) is 2.82. The third-order valence-corrected chi connectivity index (χ3v) is 3.64. The van der Waals surface area contributed by atoms with Gasteiger partial charge in [0.1, 0.15) is 0 Å². The van der Waals surface area contributed by atoms with Crippen molar-refractivity contribution in [1.29, 1.82) is 0 Å². The van der Waals surface area contributed by atoms with Crippen LogP contribution in [0.4, 0.5) is 5.13 Å². The molecule has 2 rings (SSSR count). The van der Waals surface area contributed by atoms with Gasteiger partial charge in [-0.15, -0.1) is 0 Å². The van der Waals surface area contributed by atoms with Crippen LogP contribution in [0.1, 0.15) is 18.1 Å². The molecule has 0 aliphatic heterocycles. The van der Waals surface area contributed by atoms with Crippen molar-refractivity contribution in [1.82, 2.24) is 4.98 Å². The number of carbonyl (C=O) groups excluding carboxylic acids is 2. The average molecular weight is 304 g/mol. The van der Waals surface area contributed by atoms with E-state index < -0.39 is 11.9 Å². The normalized spacial score (nSPS) is 11.0. The van der Waals surface area contributed by atoms with E-state index in [9.17, 15) is 9.59 Å². The number of benzene rings is 1. The lowest BCUT2D eigenvalue weighted by Gasteiger charge is -2.01. The molecular formula is C15H16N2O3S. The quantitative estimate of drug-likeness (QED) is 0.696. The number of allylic oxidation sites excluding steroid dienone is 1. The minimum absolute atomic E-state index is 0.322. The van der Waals surface area contributed by atoms with Gasteiger partial charge in [-0.2, -0.15) is 0 Å². The van der Waals surface area contributed by atoms with Crippen molar-refractivity contribution in [2.75, 3.05) is 11.9 Å². The van der Waals surface area contributed by atoms with Gasteiger partial charge in [0.15, 0.2) is 11.7 Å². The second kappa shape index (κ2) is 6.49. The lowest BCUT2D eigenvalue weighted by molar-refractivity contribution is -0.142. The molecule has 5 nitrogen and oxygen atoms in total. The van der Waals surface area contributed by atoms with Crippen LogP contribution in [0.2, 0.25) is 0 Å². The molecule has 2 aromatic rings. The van der Waals surface area contributed by atoms with Gasteiger partial charge < -0.3 is 4.74 Å². The van der Waals surface area contributed by atoms with Crippen molar-refractivity contribution < 1.29 is 14.3 Å². The third kappa shape index (κ3) is 3.88. The number of rotatable bonds is 4. The van der Waals surface area contributed by atoms with Gasteiger partial charge in [-0.1, -0.05) is 23.5 Å². The summed E-state index contributed by atoms with van der Waals surface area (Å²) in [5.74, 6) is -0.940. The molecule has 0 aliphatic rings. The first-order valence-corrected chi connectivity index (χ1v) is 7.28. The second-order valence-corrected chi connectivity index (χ2v) is 5.63. The maximum atomic E-state index is 11.7. The molecule has 6 heteroatoms. The largest absolute Gasteiger partial charge is 0.452 e. The van der Waals surface area contributed by atoms with Gasteiger partial charge in [0, 0.05) is 6.08 Å². The van der Waals surface area contributed by atoms with Gasteiger partial charge in [0.2, 0.25) is 0 Å². The summed E-state index contributed by atoms with van der Waals surface area (Å²) in [5, 5.41) is 3.15. The average Bonchev–Trinajstić information content (AvgIpc) is 2.79. The van der Waals surface area contributed by atoms with Crippen molar-refractivity contribution in [2.45, 2.75) is 20.8 Å². The monoisotopic (exact) mass is 304 g/mol. The van der Waals surface area contributed by atoms with E-state index in [2.05, 4.69) is 10.3 Å². The van der Waals surface area contributed by atoms with Crippen LogP contribution < -0.4 is 5.32 Å². The molecule has 0 saturated carbocycles. The fourth-order valence-corrected chi connectivity index (χ4v) is 2.96. The van der Waals surface area contributed by atoms with E-state index in [1.807, 2.05) is 26.0 Å². The van der Waals surface area contributed by atoms with Crippen LogP contribution in [0, 0.1) is 13.8 Å². The van der Waals surface area contributed by atoms with Crippen LogP contribution in [0.15, 0.2) is 24.3 Å². The summed E-state index contributed by atoms with van der Waals surface area (Å²) in [6, 6.07) is 4.08. The molecule has 110 valence electrons. The molecule has 1 amide bonds. The molecule has 0 bridgehead atoms. The van der Waals surface area contributed by atoms with Crippen LogP contribution in [-0.4, -0.2) is 23.5 Å². The molecule has 1 aromatic carbocycles. The molecule has 21 heavy (non-hydrogen) atoms. The van der Waals surface area contributed by atoms with Gasteiger partial charge >= 0.3 is 5.97 Å². The van der Waals surface area contributed by atoms with E-state index in [-0.39, 0.29) is 6.61 Å². The Morgan fingerprint density at radius 2 is 2.14 bits per heavy atom. The highest BCUT2D eigenvalue weighted by Gasteiger charge is 2.11. The number of aryl methyl sites for hydroxylation is 2.